The highest BCUT2D eigenvalue weighted by molar-refractivity contribution is 5.95. The van der Waals surface area contributed by atoms with Gasteiger partial charge in [-0.2, -0.15) is 0 Å². The minimum absolute atomic E-state index is 0.0974. The molecule has 0 saturated carbocycles. The van der Waals surface area contributed by atoms with Crippen LogP contribution < -0.4 is 15.4 Å². The van der Waals surface area contributed by atoms with Crippen molar-refractivity contribution in [3.63, 3.8) is 0 Å². The molecule has 0 atom stereocenters. The van der Waals surface area contributed by atoms with Crippen LogP contribution in [0.3, 0.4) is 0 Å². The molecule has 1 heterocycles. The molecule has 0 bridgehead atoms. The summed E-state index contributed by atoms with van der Waals surface area (Å²) in [6.45, 7) is 6.28. The molecule has 0 spiro atoms. The van der Waals surface area contributed by atoms with E-state index in [1.807, 2.05) is 6.07 Å². The molecule has 0 unspecified atom stereocenters. The van der Waals surface area contributed by atoms with Gasteiger partial charge in [0.25, 0.3) is 0 Å². The zero-order valence-electron chi connectivity index (χ0n) is 17.0. The average molecular weight is 396 g/mol. The van der Waals surface area contributed by atoms with E-state index in [9.17, 15) is 9.59 Å². The summed E-state index contributed by atoms with van der Waals surface area (Å²) >= 11 is 0. The smallest absolute Gasteiger partial charge is 0.238 e. The maximum absolute atomic E-state index is 12.5. The van der Waals surface area contributed by atoms with Crippen molar-refractivity contribution < 1.29 is 14.3 Å². The van der Waals surface area contributed by atoms with Crippen LogP contribution in [0.1, 0.15) is 12.5 Å². The predicted octanol–water partition coefficient (Wildman–Crippen LogP) is 2.41. The zero-order valence-corrected chi connectivity index (χ0v) is 17.0. The topological polar surface area (TPSA) is 73.9 Å². The Bertz CT molecular complexity index is 833. The second-order valence-electron chi connectivity index (χ2n) is 7.18. The Balaban J connectivity index is 1.50. The van der Waals surface area contributed by atoms with E-state index in [-0.39, 0.29) is 11.8 Å². The fraction of sp³-hybridized carbons (Fsp3) is 0.364. The van der Waals surface area contributed by atoms with Crippen LogP contribution in [0.25, 0.3) is 0 Å². The number of nitrogens with zero attached hydrogens (tertiary/aromatic N) is 2. The molecular formula is C22H28N4O3. The first-order valence-corrected chi connectivity index (χ1v) is 9.77. The van der Waals surface area contributed by atoms with Gasteiger partial charge in [0.05, 0.1) is 19.3 Å². The highest BCUT2D eigenvalue weighted by Crippen LogP contribution is 2.27. The molecule has 0 aromatic heterocycles. The van der Waals surface area contributed by atoms with Crippen molar-refractivity contribution in [1.29, 1.82) is 0 Å². The monoisotopic (exact) mass is 396 g/mol. The van der Waals surface area contributed by atoms with Crippen LogP contribution >= 0.6 is 0 Å². The molecule has 2 N–H and O–H groups in total. The van der Waals surface area contributed by atoms with Crippen LogP contribution in [-0.2, 0) is 16.1 Å². The summed E-state index contributed by atoms with van der Waals surface area (Å²) in [4.78, 5) is 28.4. The molecule has 1 aliphatic rings. The van der Waals surface area contributed by atoms with Gasteiger partial charge in [0, 0.05) is 45.3 Å². The Morgan fingerprint density at radius 2 is 1.66 bits per heavy atom. The molecule has 29 heavy (non-hydrogen) atoms. The lowest BCUT2D eigenvalue weighted by Gasteiger charge is -2.34. The first kappa shape index (κ1) is 20.8. The summed E-state index contributed by atoms with van der Waals surface area (Å²) < 4.78 is 5.32. The highest BCUT2D eigenvalue weighted by Gasteiger charge is 2.19. The molecule has 1 aliphatic heterocycles. The summed E-state index contributed by atoms with van der Waals surface area (Å²) in [5, 5.41) is 5.62. The van der Waals surface area contributed by atoms with Crippen molar-refractivity contribution >= 4 is 23.2 Å². The molecule has 2 aromatic carbocycles. The fourth-order valence-corrected chi connectivity index (χ4v) is 3.43. The third-order valence-corrected chi connectivity index (χ3v) is 4.88. The van der Waals surface area contributed by atoms with Gasteiger partial charge in [0.1, 0.15) is 5.75 Å². The van der Waals surface area contributed by atoms with Crippen molar-refractivity contribution in [2.24, 2.45) is 0 Å². The predicted molar refractivity (Wildman–Crippen MR) is 114 cm³/mol. The van der Waals surface area contributed by atoms with Gasteiger partial charge < -0.3 is 15.4 Å². The van der Waals surface area contributed by atoms with E-state index in [1.54, 1.807) is 25.3 Å². The molecule has 3 rings (SSSR count). The highest BCUT2D eigenvalue weighted by atomic mass is 16.5. The van der Waals surface area contributed by atoms with Crippen molar-refractivity contribution in [2.45, 2.75) is 13.5 Å². The minimum Gasteiger partial charge on any atom is -0.495 e. The SMILES string of the molecule is COc1ccc(NC(C)=O)cc1NC(=O)CN1CCN(Cc2ccccc2)CC1. The molecule has 0 radical (unpaired) electrons. The molecule has 0 aliphatic carbocycles. The number of methoxy groups -OCH3 is 1. The Morgan fingerprint density at radius 3 is 2.31 bits per heavy atom. The van der Waals surface area contributed by atoms with Crippen molar-refractivity contribution in [3.8, 4) is 5.75 Å². The molecule has 2 amide bonds. The number of hydrogen-bond acceptors (Lipinski definition) is 5. The number of ether oxygens (including phenoxy) is 1. The number of amides is 2. The summed E-state index contributed by atoms with van der Waals surface area (Å²) in [6.07, 6.45) is 0. The number of carbonyl (C=O) groups is 2. The first-order chi connectivity index (χ1) is 14.0. The van der Waals surface area contributed by atoms with Crippen LogP contribution in [-0.4, -0.2) is 61.4 Å². The van der Waals surface area contributed by atoms with Crippen LogP contribution in [0.2, 0.25) is 0 Å². The zero-order chi connectivity index (χ0) is 20.6. The lowest BCUT2D eigenvalue weighted by atomic mass is 10.2. The molecule has 154 valence electrons. The molecule has 7 nitrogen and oxygen atoms in total. The number of piperazine rings is 1. The van der Waals surface area contributed by atoms with E-state index < -0.39 is 0 Å². The molecular weight excluding hydrogens is 368 g/mol. The van der Waals surface area contributed by atoms with Gasteiger partial charge in [-0.25, -0.2) is 0 Å². The number of nitrogens with one attached hydrogen (secondary N) is 2. The number of carbonyl (C=O) groups excluding carboxylic acids is 2. The largest absolute Gasteiger partial charge is 0.495 e. The van der Waals surface area contributed by atoms with E-state index >= 15 is 0 Å². The number of benzene rings is 2. The maximum atomic E-state index is 12.5. The second-order valence-corrected chi connectivity index (χ2v) is 7.18. The quantitative estimate of drug-likeness (QED) is 0.752. The van der Waals surface area contributed by atoms with Gasteiger partial charge >= 0.3 is 0 Å². The number of hydrogen-bond donors (Lipinski definition) is 2. The van der Waals surface area contributed by atoms with Crippen molar-refractivity contribution in [2.75, 3.05) is 50.5 Å². The summed E-state index contributed by atoms with van der Waals surface area (Å²) in [6, 6.07) is 15.6. The Hall–Kier alpha value is -2.90. The van der Waals surface area contributed by atoms with Crippen LogP contribution in [0.4, 0.5) is 11.4 Å². The minimum atomic E-state index is -0.166. The number of rotatable bonds is 7. The Labute approximate surface area is 171 Å². The van der Waals surface area contributed by atoms with Gasteiger partial charge in [-0.05, 0) is 23.8 Å². The lowest BCUT2D eigenvalue weighted by molar-refractivity contribution is -0.117. The van der Waals surface area contributed by atoms with Gasteiger partial charge in [0.2, 0.25) is 11.8 Å². The second kappa shape index (κ2) is 10.0. The van der Waals surface area contributed by atoms with Gasteiger partial charge in [-0.15, -0.1) is 0 Å². The van der Waals surface area contributed by atoms with E-state index in [1.165, 1.54) is 12.5 Å². The van der Waals surface area contributed by atoms with Gasteiger partial charge in [-0.1, -0.05) is 30.3 Å². The molecule has 1 saturated heterocycles. The fourth-order valence-electron chi connectivity index (χ4n) is 3.43. The normalized spacial score (nSPS) is 15.0. The molecule has 2 aromatic rings. The van der Waals surface area contributed by atoms with Crippen molar-refractivity contribution in [3.05, 3.63) is 54.1 Å². The van der Waals surface area contributed by atoms with E-state index in [4.69, 9.17) is 4.74 Å². The van der Waals surface area contributed by atoms with Gasteiger partial charge in [-0.3, -0.25) is 19.4 Å². The standard InChI is InChI=1S/C22H28N4O3/c1-17(27)23-19-8-9-21(29-2)20(14-19)24-22(28)16-26-12-10-25(11-13-26)15-18-6-4-3-5-7-18/h3-9,14H,10-13,15-16H2,1-2H3,(H,23,27)(H,24,28). The maximum Gasteiger partial charge on any atom is 0.238 e. The molecule has 7 heteroatoms. The summed E-state index contributed by atoms with van der Waals surface area (Å²) in [5.41, 5.74) is 2.47. The van der Waals surface area contributed by atoms with Crippen LogP contribution in [0, 0.1) is 0 Å². The van der Waals surface area contributed by atoms with Crippen LogP contribution in [0.15, 0.2) is 48.5 Å². The lowest BCUT2D eigenvalue weighted by Crippen LogP contribution is -2.48. The summed E-state index contributed by atoms with van der Waals surface area (Å²) in [5.74, 6) is 0.292. The van der Waals surface area contributed by atoms with E-state index in [0.717, 1.165) is 32.7 Å². The van der Waals surface area contributed by atoms with Crippen molar-refractivity contribution in [1.82, 2.24) is 9.80 Å². The third-order valence-electron chi connectivity index (χ3n) is 4.88. The average Bonchev–Trinajstić information content (AvgIpc) is 2.70. The Morgan fingerprint density at radius 1 is 0.966 bits per heavy atom. The number of anilines is 2. The first-order valence-electron chi connectivity index (χ1n) is 9.77. The third kappa shape index (κ3) is 6.30. The Kier molecular flexibility index (Phi) is 7.21. The van der Waals surface area contributed by atoms with E-state index in [2.05, 4.69) is 44.7 Å². The van der Waals surface area contributed by atoms with E-state index in [0.29, 0.717) is 23.7 Å². The molecule has 1 fully saturated rings. The summed E-state index contributed by atoms with van der Waals surface area (Å²) in [7, 11) is 1.55. The van der Waals surface area contributed by atoms with Crippen LogP contribution in [0.5, 0.6) is 5.75 Å². The van der Waals surface area contributed by atoms with Gasteiger partial charge in [0.15, 0.2) is 0 Å².